The number of hydrogen-bond donors (Lipinski definition) is 1. The molecule has 0 amide bonds. The molecule has 3 fully saturated rings. The van der Waals surface area contributed by atoms with E-state index in [0.29, 0.717) is 12.1 Å². The van der Waals surface area contributed by atoms with Crippen molar-refractivity contribution in [3.63, 3.8) is 0 Å². The summed E-state index contributed by atoms with van der Waals surface area (Å²) in [5.41, 5.74) is 0. The van der Waals surface area contributed by atoms with Crippen LogP contribution in [-0.2, 0) is 4.79 Å². The molecule has 3 atom stereocenters. The number of aliphatic carboxylic acids is 1. The molecule has 2 heterocycles. The van der Waals surface area contributed by atoms with E-state index in [0.717, 1.165) is 32.5 Å². The molecule has 90 valence electrons. The molecule has 0 aromatic rings. The Hall–Kier alpha value is -0.610. The van der Waals surface area contributed by atoms with Crippen molar-refractivity contribution < 1.29 is 9.90 Å². The van der Waals surface area contributed by atoms with E-state index < -0.39 is 5.97 Å². The van der Waals surface area contributed by atoms with Gasteiger partial charge >= 0.3 is 5.97 Å². The van der Waals surface area contributed by atoms with Crippen molar-refractivity contribution in [3.8, 4) is 0 Å². The molecule has 3 aliphatic rings. The molecule has 0 aromatic heterocycles. The van der Waals surface area contributed by atoms with Crippen LogP contribution < -0.4 is 0 Å². The van der Waals surface area contributed by atoms with Crippen LogP contribution in [0.25, 0.3) is 0 Å². The van der Waals surface area contributed by atoms with E-state index in [1.807, 2.05) is 0 Å². The lowest BCUT2D eigenvalue weighted by Crippen LogP contribution is -2.58. The Morgan fingerprint density at radius 2 is 1.88 bits per heavy atom. The summed E-state index contributed by atoms with van der Waals surface area (Å²) >= 11 is 0. The van der Waals surface area contributed by atoms with Crippen LogP contribution in [0.1, 0.15) is 25.7 Å². The molecule has 0 bridgehead atoms. The van der Waals surface area contributed by atoms with Gasteiger partial charge in [0.15, 0.2) is 0 Å². The summed E-state index contributed by atoms with van der Waals surface area (Å²) in [4.78, 5) is 16.0. The second kappa shape index (κ2) is 4.00. The van der Waals surface area contributed by atoms with Crippen molar-refractivity contribution in [1.29, 1.82) is 0 Å². The summed E-state index contributed by atoms with van der Waals surface area (Å²) in [5.74, 6) is -0.682. The van der Waals surface area contributed by atoms with Crippen LogP contribution in [0.15, 0.2) is 0 Å². The van der Waals surface area contributed by atoms with Crippen LogP contribution in [0, 0.1) is 5.92 Å². The fraction of sp³-hybridized carbons (Fsp3) is 0.917. The van der Waals surface area contributed by atoms with E-state index >= 15 is 0 Å². The van der Waals surface area contributed by atoms with Crippen LogP contribution in [-0.4, -0.2) is 59.1 Å². The van der Waals surface area contributed by atoms with Gasteiger partial charge in [0.2, 0.25) is 0 Å². The summed E-state index contributed by atoms with van der Waals surface area (Å²) in [7, 11) is 0. The Labute approximate surface area is 96.2 Å². The number of carbonyl (C=O) groups is 1. The zero-order valence-corrected chi connectivity index (χ0v) is 9.64. The molecular formula is C12H20N2O2. The molecule has 3 unspecified atom stereocenters. The van der Waals surface area contributed by atoms with Crippen molar-refractivity contribution >= 4 is 5.97 Å². The largest absolute Gasteiger partial charge is 0.481 e. The second-order valence-electron chi connectivity index (χ2n) is 5.42. The minimum atomic E-state index is -0.592. The molecule has 2 aliphatic heterocycles. The van der Waals surface area contributed by atoms with Crippen molar-refractivity contribution in [2.24, 2.45) is 5.92 Å². The zero-order chi connectivity index (χ0) is 11.1. The molecule has 2 saturated heterocycles. The molecule has 4 heteroatoms. The number of hydrogen-bond acceptors (Lipinski definition) is 3. The molecule has 0 radical (unpaired) electrons. The highest BCUT2D eigenvalue weighted by Gasteiger charge is 2.43. The maximum Gasteiger partial charge on any atom is 0.308 e. The monoisotopic (exact) mass is 224 g/mol. The molecule has 1 saturated carbocycles. The fourth-order valence-corrected chi connectivity index (χ4v) is 3.52. The standard InChI is InChI=1S/C12H20N2O2/c15-12(16)10-3-4-11(10)14-7-6-13-5-1-2-9(13)8-14/h9-11H,1-8H2,(H,15,16). The Morgan fingerprint density at radius 1 is 1.06 bits per heavy atom. The van der Waals surface area contributed by atoms with E-state index in [1.54, 1.807) is 0 Å². The maximum absolute atomic E-state index is 11.0. The van der Waals surface area contributed by atoms with E-state index in [-0.39, 0.29) is 5.92 Å². The lowest BCUT2D eigenvalue weighted by molar-refractivity contribution is -0.149. The Balaban J connectivity index is 1.61. The van der Waals surface area contributed by atoms with Crippen molar-refractivity contribution in [3.05, 3.63) is 0 Å². The van der Waals surface area contributed by atoms with Gasteiger partial charge in [-0.3, -0.25) is 14.6 Å². The molecule has 16 heavy (non-hydrogen) atoms. The first-order chi connectivity index (χ1) is 7.75. The lowest BCUT2D eigenvalue weighted by Gasteiger charge is -2.47. The van der Waals surface area contributed by atoms with Gasteiger partial charge in [0, 0.05) is 31.7 Å². The molecule has 3 rings (SSSR count). The molecular weight excluding hydrogens is 204 g/mol. The zero-order valence-electron chi connectivity index (χ0n) is 9.64. The Bertz CT molecular complexity index is 295. The van der Waals surface area contributed by atoms with Gasteiger partial charge in [-0.2, -0.15) is 0 Å². The van der Waals surface area contributed by atoms with Crippen LogP contribution in [0.5, 0.6) is 0 Å². The SMILES string of the molecule is O=C(O)C1CCC1N1CCN2CCCC2C1. The van der Waals surface area contributed by atoms with Gasteiger partial charge in [0.1, 0.15) is 0 Å². The maximum atomic E-state index is 11.0. The number of rotatable bonds is 2. The van der Waals surface area contributed by atoms with Gasteiger partial charge in [-0.05, 0) is 32.2 Å². The first-order valence-electron chi connectivity index (χ1n) is 6.46. The van der Waals surface area contributed by atoms with Crippen LogP contribution in [0.3, 0.4) is 0 Å². The summed E-state index contributed by atoms with van der Waals surface area (Å²) in [6.07, 6.45) is 4.60. The molecule has 0 spiro atoms. The van der Waals surface area contributed by atoms with Gasteiger partial charge in [0.05, 0.1) is 5.92 Å². The van der Waals surface area contributed by atoms with E-state index in [9.17, 15) is 4.79 Å². The molecule has 1 N–H and O–H groups in total. The van der Waals surface area contributed by atoms with Crippen molar-refractivity contribution in [1.82, 2.24) is 9.80 Å². The van der Waals surface area contributed by atoms with Gasteiger partial charge in [0.25, 0.3) is 0 Å². The molecule has 4 nitrogen and oxygen atoms in total. The third-order valence-electron chi connectivity index (χ3n) is 4.64. The first-order valence-corrected chi connectivity index (χ1v) is 6.46. The Morgan fingerprint density at radius 3 is 2.56 bits per heavy atom. The summed E-state index contributed by atoms with van der Waals surface area (Å²) < 4.78 is 0. The van der Waals surface area contributed by atoms with Crippen molar-refractivity contribution in [2.75, 3.05) is 26.2 Å². The van der Waals surface area contributed by atoms with Gasteiger partial charge in [-0.25, -0.2) is 0 Å². The number of piperazine rings is 1. The predicted molar refractivity (Wildman–Crippen MR) is 60.3 cm³/mol. The minimum absolute atomic E-state index is 0.0899. The quantitative estimate of drug-likeness (QED) is 0.747. The van der Waals surface area contributed by atoms with E-state index in [2.05, 4.69) is 9.80 Å². The van der Waals surface area contributed by atoms with Gasteiger partial charge in [-0.1, -0.05) is 0 Å². The molecule has 0 aromatic carbocycles. The third-order valence-corrected chi connectivity index (χ3v) is 4.64. The highest BCUT2D eigenvalue weighted by molar-refractivity contribution is 5.72. The first kappa shape index (κ1) is 10.5. The number of carboxylic acid groups (broad SMARTS) is 1. The van der Waals surface area contributed by atoms with Crippen LogP contribution in [0.4, 0.5) is 0 Å². The summed E-state index contributed by atoms with van der Waals surface area (Å²) in [6, 6.07) is 1.05. The molecule has 1 aliphatic carbocycles. The lowest BCUT2D eigenvalue weighted by atomic mass is 9.78. The number of carboxylic acids is 1. The predicted octanol–water partition coefficient (Wildman–Crippen LogP) is 0.630. The highest BCUT2D eigenvalue weighted by atomic mass is 16.4. The third kappa shape index (κ3) is 1.64. The topological polar surface area (TPSA) is 43.8 Å². The average Bonchev–Trinajstić information content (AvgIpc) is 2.61. The smallest absolute Gasteiger partial charge is 0.308 e. The normalized spacial score (nSPS) is 40.4. The highest BCUT2D eigenvalue weighted by Crippen LogP contribution is 2.34. The number of fused-ring (bicyclic) bond motifs is 1. The van der Waals surface area contributed by atoms with Gasteiger partial charge < -0.3 is 5.11 Å². The summed E-state index contributed by atoms with van der Waals surface area (Å²) in [6.45, 7) is 4.58. The Kier molecular flexibility index (Phi) is 2.64. The van der Waals surface area contributed by atoms with Crippen LogP contribution in [0.2, 0.25) is 0 Å². The van der Waals surface area contributed by atoms with E-state index in [4.69, 9.17) is 5.11 Å². The van der Waals surface area contributed by atoms with E-state index in [1.165, 1.54) is 19.4 Å². The van der Waals surface area contributed by atoms with Crippen LogP contribution >= 0.6 is 0 Å². The average molecular weight is 224 g/mol. The van der Waals surface area contributed by atoms with Gasteiger partial charge in [-0.15, -0.1) is 0 Å². The second-order valence-corrected chi connectivity index (χ2v) is 5.42. The summed E-state index contributed by atoms with van der Waals surface area (Å²) in [5, 5.41) is 9.08. The minimum Gasteiger partial charge on any atom is -0.481 e. The fourth-order valence-electron chi connectivity index (χ4n) is 3.52. The number of nitrogens with zero attached hydrogens (tertiary/aromatic N) is 2. The van der Waals surface area contributed by atoms with Crippen molar-refractivity contribution in [2.45, 2.75) is 37.8 Å².